The van der Waals surface area contributed by atoms with Crippen LogP contribution in [0.2, 0.25) is 0 Å². The first-order valence-corrected chi connectivity index (χ1v) is 10.8. The van der Waals surface area contributed by atoms with Crippen molar-refractivity contribution in [1.82, 2.24) is 9.55 Å². The third kappa shape index (κ3) is 4.23. The number of carbonyl (C=O) groups excluding carboxylic acids is 1. The standard InChI is InChI=1S/C22H22N4O3S/c1-15-11-12-17(26(28)29)13-19(15)23-21(27)14-30-22-24-18-9-5-6-10-20(18)25(22)16-7-3-2-4-8-16/h2-4,7-8,11-13H,5-6,9-10,14H2,1H3,(H,23,27). The van der Waals surface area contributed by atoms with Gasteiger partial charge in [-0.1, -0.05) is 36.0 Å². The lowest BCUT2D eigenvalue weighted by Gasteiger charge is -2.15. The number of non-ortho nitro benzene ring substituents is 1. The summed E-state index contributed by atoms with van der Waals surface area (Å²) in [5.41, 5.74) is 4.58. The lowest BCUT2D eigenvalue weighted by atomic mass is 10.0. The number of hydrogen-bond donors (Lipinski definition) is 1. The molecule has 1 aliphatic rings. The van der Waals surface area contributed by atoms with Crippen LogP contribution in [0.25, 0.3) is 5.69 Å². The molecule has 0 radical (unpaired) electrons. The lowest BCUT2D eigenvalue weighted by molar-refractivity contribution is -0.384. The van der Waals surface area contributed by atoms with Crippen molar-refractivity contribution in [3.8, 4) is 5.69 Å². The Morgan fingerprint density at radius 2 is 1.97 bits per heavy atom. The Hall–Kier alpha value is -3.13. The highest BCUT2D eigenvalue weighted by atomic mass is 32.2. The Morgan fingerprint density at radius 1 is 1.20 bits per heavy atom. The number of aromatic nitrogens is 2. The molecule has 0 saturated carbocycles. The van der Waals surface area contributed by atoms with Gasteiger partial charge in [0.25, 0.3) is 5.69 Å². The number of aryl methyl sites for hydroxylation is 2. The summed E-state index contributed by atoms with van der Waals surface area (Å²) in [6, 6.07) is 14.5. The number of imidazole rings is 1. The Labute approximate surface area is 178 Å². The van der Waals surface area contributed by atoms with Gasteiger partial charge in [0.2, 0.25) is 5.91 Å². The molecule has 1 aromatic heterocycles. The number of para-hydroxylation sites is 1. The SMILES string of the molecule is Cc1ccc([N+](=O)[O-])cc1NC(=O)CSc1nc2c(n1-c1ccccc1)CCCC2. The van der Waals surface area contributed by atoms with Crippen LogP contribution in [-0.2, 0) is 17.6 Å². The molecule has 8 heteroatoms. The number of fused-ring (bicyclic) bond motifs is 1. The third-order valence-corrected chi connectivity index (χ3v) is 6.09. The van der Waals surface area contributed by atoms with Gasteiger partial charge in [0.15, 0.2) is 5.16 Å². The number of nitro benzene ring substituents is 1. The van der Waals surface area contributed by atoms with Gasteiger partial charge in [-0.05, 0) is 50.3 Å². The number of carbonyl (C=O) groups is 1. The second-order valence-electron chi connectivity index (χ2n) is 7.26. The molecule has 1 N–H and O–H groups in total. The van der Waals surface area contributed by atoms with Crippen LogP contribution >= 0.6 is 11.8 Å². The second kappa shape index (κ2) is 8.71. The summed E-state index contributed by atoms with van der Waals surface area (Å²) in [6.45, 7) is 1.81. The molecule has 30 heavy (non-hydrogen) atoms. The van der Waals surface area contributed by atoms with E-state index in [9.17, 15) is 14.9 Å². The molecule has 0 spiro atoms. The molecule has 3 aromatic rings. The molecule has 154 valence electrons. The van der Waals surface area contributed by atoms with E-state index in [1.54, 1.807) is 6.07 Å². The van der Waals surface area contributed by atoms with Crippen LogP contribution in [0.5, 0.6) is 0 Å². The van der Waals surface area contributed by atoms with Crippen molar-refractivity contribution in [2.24, 2.45) is 0 Å². The minimum absolute atomic E-state index is 0.0455. The first kappa shape index (κ1) is 20.2. The van der Waals surface area contributed by atoms with E-state index >= 15 is 0 Å². The van der Waals surface area contributed by atoms with Gasteiger partial charge >= 0.3 is 0 Å². The molecule has 4 rings (SSSR count). The number of thioether (sulfide) groups is 1. The van der Waals surface area contributed by atoms with Crippen molar-refractivity contribution in [3.63, 3.8) is 0 Å². The van der Waals surface area contributed by atoms with E-state index in [2.05, 4.69) is 9.88 Å². The zero-order valence-electron chi connectivity index (χ0n) is 16.6. The fourth-order valence-corrected chi connectivity index (χ4v) is 4.48. The number of amides is 1. The zero-order chi connectivity index (χ0) is 21.1. The largest absolute Gasteiger partial charge is 0.325 e. The minimum Gasteiger partial charge on any atom is -0.325 e. The first-order chi connectivity index (χ1) is 14.5. The highest BCUT2D eigenvalue weighted by Gasteiger charge is 2.22. The van der Waals surface area contributed by atoms with Gasteiger partial charge in [0, 0.05) is 23.5 Å². The van der Waals surface area contributed by atoms with Crippen LogP contribution in [0.4, 0.5) is 11.4 Å². The second-order valence-corrected chi connectivity index (χ2v) is 8.20. The average Bonchev–Trinajstić information content (AvgIpc) is 3.12. The quantitative estimate of drug-likeness (QED) is 0.353. The highest BCUT2D eigenvalue weighted by molar-refractivity contribution is 7.99. The van der Waals surface area contributed by atoms with Gasteiger partial charge in [-0.3, -0.25) is 19.5 Å². The average molecular weight is 423 g/mol. The molecule has 0 atom stereocenters. The molecule has 1 aliphatic carbocycles. The van der Waals surface area contributed by atoms with E-state index in [1.807, 2.05) is 37.3 Å². The number of rotatable bonds is 6. The molecule has 0 bridgehead atoms. The maximum absolute atomic E-state index is 12.6. The summed E-state index contributed by atoms with van der Waals surface area (Å²) >= 11 is 1.39. The molecule has 2 aromatic carbocycles. The van der Waals surface area contributed by atoms with Crippen LogP contribution in [0.1, 0.15) is 29.8 Å². The summed E-state index contributed by atoms with van der Waals surface area (Å²) in [4.78, 5) is 27.9. The predicted octanol–water partition coefficient (Wildman–Crippen LogP) is 4.70. The minimum atomic E-state index is -0.467. The maximum atomic E-state index is 12.6. The fourth-order valence-electron chi connectivity index (χ4n) is 3.63. The predicted molar refractivity (Wildman–Crippen MR) is 117 cm³/mol. The van der Waals surface area contributed by atoms with Crippen LogP contribution in [-0.4, -0.2) is 26.1 Å². The summed E-state index contributed by atoms with van der Waals surface area (Å²) in [6.07, 6.45) is 4.22. The third-order valence-electron chi connectivity index (χ3n) is 5.15. The van der Waals surface area contributed by atoms with E-state index in [-0.39, 0.29) is 17.3 Å². The molecule has 0 aliphatic heterocycles. The molecule has 0 saturated heterocycles. The van der Waals surface area contributed by atoms with Crippen molar-refractivity contribution in [2.45, 2.75) is 37.8 Å². The Morgan fingerprint density at radius 3 is 2.73 bits per heavy atom. The van der Waals surface area contributed by atoms with Crippen molar-refractivity contribution in [2.75, 3.05) is 11.1 Å². The van der Waals surface area contributed by atoms with Gasteiger partial charge in [0.05, 0.1) is 22.1 Å². The van der Waals surface area contributed by atoms with Gasteiger partial charge in [-0.25, -0.2) is 4.98 Å². The molecule has 0 fully saturated rings. The van der Waals surface area contributed by atoms with E-state index < -0.39 is 4.92 Å². The Balaban J connectivity index is 1.53. The van der Waals surface area contributed by atoms with Gasteiger partial charge in [0.1, 0.15) is 0 Å². The van der Waals surface area contributed by atoms with Crippen molar-refractivity contribution in [1.29, 1.82) is 0 Å². The van der Waals surface area contributed by atoms with Gasteiger partial charge < -0.3 is 5.32 Å². The molecule has 0 unspecified atom stereocenters. The normalized spacial score (nSPS) is 13.0. The number of nitrogens with one attached hydrogen (secondary N) is 1. The molecular formula is C22H22N4O3S. The zero-order valence-corrected chi connectivity index (χ0v) is 17.4. The van der Waals surface area contributed by atoms with E-state index in [0.29, 0.717) is 5.69 Å². The lowest BCUT2D eigenvalue weighted by Crippen LogP contribution is -2.15. The first-order valence-electron chi connectivity index (χ1n) is 9.86. The van der Waals surface area contributed by atoms with Crippen LogP contribution in [0, 0.1) is 17.0 Å². The van der Waals surface area contributed by atoms with Crippen LogP contribution in [0.15, 0.2) is 53.7 Å². The van der Waals surface area contributed by atoms with Gasteiger partial charge in [-0.2, -0.15) is 0 Å². The highest BCUT2D eigenvalue weighted by Crippen LogP contribution is 2.31. The Bertz CT molecular complexity index is 1100. The van der Waals surface area contributed by atoms with E-state index in [1.165, 1.54) is 29.6 Å². The number of nitro groups is 1. The molecule has 7 nitrogen and oxygen atoms in total. The summed E-state index contributed by atoms with van der Waals surface area (Å²) in [7, 11) is 0. The molecule has 1 heterocycles. The molecule has 1 amide bonds. The van der Waals surface area contributed by atoms with Gasteiger partial charge in [-0.15, -0.1) is 0 Å². The summed E-state index contributed by atoms with van der Waals surface area (Å²) < 4.78 is 2.16. The summed E-state index contributed by atoms with van der Waals surface area (Å²) in [5.74, 6) is -0.0469. The van der Waals surface area contributed by atoms with E-state index in [4.69, 9.17) is 4.98 Å². The van der Waals surface area contributed by atoms with Crippen molar-refractivity contribution >= 4 is 29.0 Å². The maximum Gasteiger partial charge on any atom is 0.271 e. The Kier molecular flexibility index (Phi) is 5.85. The van der Waals surface area contributed by atoms with Crippen LogP contribution < -0.4 is 5.32 Å². The fraction of sp³-hybridized carbons (Fsp3) is 0.273. The smallest absolute Gasteiger partial charge is 0.271 e. The monoisotopic (exact) mass is 422 g/mol. The van der Waals surface area contributed by atoms with Crippen molar-refractivity contribution in [3.05, 3.63) is 75.6 Å². The number of hydrogen-bond acceptors (Lipinski definition) is 5. The number of anilines is 1. The number of benzene rings is 2. The number of nitrogens with zero attached hydrogens (tertiary/aromatic N) is 3. The van der Waals surface area contributed by atoms with E-state index in [0.717, 1.165) is 47.8 Å². The summed E-state index contributed by atoms with van der Waals surface area (Å²) in [5, 5.41) is 14.6. The van der Waals surface area contributed by atoms with Crippen molar-refractivity contribution < 1.29 is 9.72 Å². The topological polar surface area (TPSA) is 90.1 Å². The molecular weight excluding hydrogens is 400 g/mol. The van der Waals surface area contributed by atoms with Crippen LogP contribution in [0.3, 0.4) is 0 Å².